The molecule has 0 spiro atoms. The van der Waals surface area contributed by atoms with Crippen molar-refractivity contribution in [2.45, 2.75) is 25.0 Å². The molecule has 0 aromatic heterocycles. The van der Waals surface area contributed by atoms with Gasteiger partial charge in [0.1, 0.15) is 18.5 Å². The Kier molecular flexibility index (Phi) is 4.79. The van der Waals surface area contributed by atoms with Gasteiger partial charge in [0.2, 0.25) is 0 Å². The van der Waals surface area contributed by atoms with E-state index in [0.29, 0.717) is 27.2 Å². The Labute approximate surface area is 125 Å². The number of hydrogen-bond donors (Lipinski definition) is 1. The maximum Gasteiger partial charge on any atom is 0.308 e. The quantitative estimate of drug-likeness (QED) is 0.685. The molecule has 1 N–H and O–H groups in total. The highest BCUT2D eigenvalue weighted by Crippen LogP contribution is 2.34. The molecule has 4 nitrogen and oxygen atoms in total. The van der Waals surface area contributed by atoms with E-state index in [-0.39, 0.29) is 13.0 Å². The van der Waals surface area contributed by atoms with E-state index in [9.17, 15) is 9.90 Å². The lowest BCUT2D eigenvalue weighted by Gasteiger charge is -2.26. The van der Waals surface area contributed by atoms with Crippen LogP contribution in [0.4, 0.5) is 0 Å². The van der Waals surface area contributed by atoms with Gasteiger partial charge in [-0.25, -0.2) is 0 Å². The summed E-state index contributed by atoms with van der Waals surface area (Å²) in [6.45, 7) is 0.0977. The molecule has 0 bridgehead atoms. The molecule has 0 saturated carbocycles. The lowest BCUT2D eigenvalue weighted by Crippen LogP contribution is -2.36. The van der Waals surface area contributed by atoms with Crippen LogP contribution in [-0.4, -0.2) is 29.9 Å². The molecule has 1 fully saturated rings. The number of esters is 1. The van der Waals surface area contributed by atoms with Gasteiger partial charge in [0, 0.05) is 12.5 Å². The molecule has 1 saturated heterocycles. The van der Waals surface area contributed by atoms with Crippen LogP contribution in [0.15, 0.2) is 12.1 Å². The number of carbonyl (C=O) groups is 1. The SMILES string of the molecule is O=C1C[C@H](O)C[C@@H](COc2cc(Cl)c(Cl)cc2Cl)O1. The van der Waals surface area contributed by atoms with E-state index in [2.05, 4.69) is 0 Å². The Morgan fingerprint density at radius 1 is 1.26 bits per heavy atom. The first-order valence-electron chi connectivity index (χ1n) is 5.60. The molecule has 0 unspecified atom stereocenters. The van der Waals surface area contributed by atoms with Gasteiger partial charge >= 0.3 is 5.97 Å². The summed E-state index contributed by atoms with van der Waals surface area (Å²) in [5.41, 5.74) is 0. The number of hydrogen-bond acceptors (Lipinski definition) is 4. The first-order chi connectivity index (χ1) is 8.95. The molecule has 0 amide bonds. The molecule has 1 heterocycles. The van der Waals surface area contributed by atoms with Crippen molar-refractivity contribution in [3.05, 3.63) is 27.2 Å². The summed E-state index contributed by atoms with van der Waals surface area (Å²) in [7, 11) is 0. The highest BCUT2D eigenvalue weighted by molar-refractivity contribution is 6.43. The van der Waals surface area contributed by atoms with Crippen LogP contribution in [0.5, 0.6) is 5.75 Å². The minimum atomic E-state index is -0.695. The Morgan fingerprint density at radius 2 is 1.95 bits per heavy atom. The fourth-order valence-corrected chi connectivity index (χ4v) is 2.35. The molecule has 0 aliphatic carbocycles. The van der Waals surface area contributed by atoms with Crippen LogP contribution in [-0.2, 0) is 9.53 Å². The van der Waals surface area contributed by atoms with E-state index in [1.165, 1.54) is 12.1 Å². The largest absolute Gasteiger partial charge is 0.488 e. The van der Waals surface area contributed by atoms with Gasteiger partial charge in [-0.05, 0) is 6.07 Å². The van der Waals surface area contributed by atoms with Crippen molar-refractivity contribution in [2.24, 2.45) is 0 Å². The van der Waals surface area contributed by atoms with Crippen molar-refractivity contribution < 1.29 is 19.4 Å². The second kappa shape index (κ2) is 6.18. The first-order valence-corrected chi connectivity index (χ1v) is 6.74. The van der Waals surface area contributed by atoms with E-state index >= 15 is 0 Å². The molecule has 19 heavy (non-hydrogen) atoms. The summed E-state index contributed by atoms with van der Waals surface area (Å²) >= 11 is 17.6. The molecular weight excluding hydrogens is 314 g/mol. The second-order valence-electron chi connectivity index (χ2n) is 4.21. The molecule has 7 heteroatoms. The maximum atomic E-state index is 11.2. The van der Waals surface area contributed by atoms with Crippen LogP contribution in [0.3, 0.4) is 0 Å². The van der Waals surface area contributed by atoms with Gasteiger partial charge < -0.3 is 14.6 Å². The standard InChI is InChI=1S/C12H11Cl3O4/c13-8-3-10(15)11(4-9(8)14)18-5-7-1-6(16)2-12(17)19-7/h3-4,6-7,16H,1-2,5H2/t6-,7+/m1/s1. The zero-order chi connectivity index (χ0) is 14.0. The molecule has 1 aliphatic rings. The summed E-state index contributed by atoms with van der Waals surface area (Å²) in [4.78, 5) is 11.2. The topological polar surface area (TPSA) is 55.8 Å². The third-order valence-electron chi connectivity index (χ3n) is 2.63. The summed E-state index contributed by atoms with van der Waals surface area (Å²) in [6, 6.07) is 2.97. The Balaban J connectivity index is 1.99. The molecule has 1 aromatic rings. The summed E-state index contributed by atoms with van der Waals surface area (Å²) < 4.78 is 10.5. The van der Waals surface area contributed by atoms with Crippen molar-refractivity contribution in [1.82, 2.24) is 0 Å². The smallest absolute Gasteiger partial charge is 0.308 e. The number of cyclic esters (lactones) is 1. The average molecular weight is 326 g/mol. The molecular formula is C12H11Cl3O4. The van der Waals surface area contributed by atoms with E-state index in [0.717, 1.165) is 0 Å². The van der Waals surface area contributed by atoms with Crippen LogP contribution in [0.1, 0.15) is 12.8 Å². The molecule has 0 radical (unpaired) electrons. The van der Waals surface area contributed by atoms with Gasteiger partial charge in [0.25, 0.3) is 0 Å². The van der Waals surface area contributed by atoms with E-state index < -0.39 is 18.2 Å². The van der Waals surface area contributed by atoms with Crippen molar-refractivity contribution in [3.8, 4) is 5.75 Å². The fraction of sp³-hybridized carbons (Fsp3) is 0.417. The van der Waals surface area contributed by atoms with Crippen molar-refractivity contribution in [3.63, 3.8) is 0 Å². The highest BCUT2D eigenvalue weighted by atomic mass is 35.5. The molecule has 2 atom stereocenters. The third kappa shape index (κ3) is 3.89. The molecule has 1 aromatic carbocycles. The lowest BCUT2D eigenvalue weighted by molar-refractivity contribution is -0.162. The second-order valence-corrected chi connectivity index (χ2v) is 5.43. The molecule has 2 rings (SSSR count). The Morgan fingerprint density at radius 3 is 2.63 bits per heavy atom. The maximum absolute atomic E-state index is 11.2. The van der Waals surface area contributed by atoms with Gasteiger partial charge in [-0.3, -0.25) is 4.79 Å². The lowest BCUT2D eigenvalue weighted by atomic mass is 10.1. The van der Waals surface area contributed by atoms with Crippen molar-refractivity contribution >= 4 is 40.8 Å². The zero-order valence-electron chi connectivity index (χ0n) is 9.74. The molecule has 104 valence electrons. The zero-order valence-corrected chi connectivity index (χ0v) is 12.0. The van der Waals surface area contributed by atoms with Crippen LogP contribution in [0, 0.1) is 0 Å². The number of halogens is 3. The van der Waals surface area contributed by atoms with Gasteiger partial charge in [-0.15, -0.1) is 0 Å². The summed E-state index contributed by atoms with van der Waals surface area (Å²) in [5, 5.41) is 10.4. The third-order valence-corrected chi connectivity index (χ3v) is 3.65. The summed E-state index contributed by atoms with van der Waals surface area (Å²) in [5.74, 6) is -0.0836. The number of aliphatic hydroxyl groups excluding tert-OH is 1. The van der Waals surface area contributed by atoms with E-state index in [1.54, 1.807) is 0 Å². The fourth-order valence-electron chi connectivity index (χ4n) is 1.76. The molecule has 1 aliphatic heterocycles. The normalized spacial score (nSPS) is 23.1. The van der Waals surface area contributed by atoms with Gasteiger partial charge in [-0.1, -0.05) is 34.8 Å². The Bertz CT molecular complexity index is 492. The minimum absolute atomic E-state index is 0.0179. The average Bonchev–Trinajstić information content (AvgIpc) is 2.31. The predicted molar refractivity (Wildman–Crippen MR) is 72.1 cm³/mol. The van der Waals surface area contributed by atoms with E-state index in [4.69, 9.17) is 44.3 Å². The predicted octanol–water partition coefficient (Wildman–Crippen LogP) is 3.09. The monoisotopic (exact) mass is 324 g/mol. The Hall–Kier alpha value is -0.680. The number of aliphatic hydroxyl groups is 1. The number of rotatable bonds is 3. The summed E-state index contributed by atoms with van der Waals surface area (Å²) in [6.07, 6.45) is -0.838. The minimum Gasteiger partial charge on any atom is -0.488 e. The van der Waals surface area contributed by atoms with Gasteiger partial charge in [0.05, 0.1) is 27.6 Å². The van der Waals surface area contributed by atoms with Crippen LogP contribution < -0.4 is 4.74 Å². The van der Waals surface area contributed by atoms with E-state index in [1.807, 2.05) is 0 Å². The van der Waals surface area contributed by atoms with Crippen molar-refractivity contribution in [2.75, 3.05) is 6.61 Å². The number of ether oxygens (including phenoxy) is 2. The van der Waals surface area contributed by atoms with Crippen LogP contribution in [0.25, 0.3) is 0 Å². The van der Waals surface area contributed by atoms with Crippen LogP contribution in [0.2, 0.25) is 15.1 Å². The van der Waals surface area contributed by atoms with Crippen LogP contribution >= 0.6 is 34.8 Å². The number of carbonyl (C=O) groups excluding carboxylic acids is 1. The van der Waals surface area contributed by atoms with Crippen molar-refractivity contribution in [1.29, 1.82) is 0 Å². The van der Waals surface area contributed by atoms with Gasteiger partial charge in [0.15, 0.2) is 0 Å². The number of benzene rings is 1. The van der Waals surface area contributed by atoms with Gasteiger partial charge in [-0.2, -0.15) is 0 Å². The highest BCUT2D eigenvalue weighted by Gasteiger charge is 2.27. The first kappa shape index (κ1) is 14.7.